The van der Waals surface area contributed by atoms with E-state index in [0.29, 0.717) is 5.02 Å². The van der Waals surface area contributed by atoms with Crippen molar-refractivity contribution in [1.29, 1.82) is 0 Å². The third-order valence-electron chi connectivity index (χ3n) is 4.41. The minimum absolute atomic E-state index is 0.0641. The minimum atomic E-state index is -0.832. The van der Waals surface area contributed by atoms with Crippen LogP contribution in [0.5, 0.6) is 5.75 Å². The van der Waals surface area contributed by atoms with E-state index < -0.39 is 36.1 Å². The van der Waals surface area contributed by atoms with E-state index in [0.717, 1.165) is 11.1 Å². The molecule has 9 heteroatoms. The second kappa shape index (κ2) is 10.9. The molecule has 0 saturated carbocycles. The topological polar surface area (TPSA) is 108 Å². The number of nitro benzene ring substituents is 1. The maximum atomic E-state index is 12.4. The molecule has 3 aromatic carbocycles. The Kier molecular flexibility index (Phi) is 7.77. The van der Waals surface area contributed by atoms with Gasteiger partial charge in [-0.1, -0.05) is 66.2 Å². The predicted octanol–water partition coefficient (Wildman–Crippen LogP) is 4.08. The van der Waals surface area contributed by atoms with E-state index in [2.05, 4.69) is 5.32 Å². The van der Waals surface area contributed by atoms with Gasteiger partial charge in [0.15, 0.2) is 19.0 Å². The van der Waals surface area contributed by atoms with Crippen molar-refractivity contribution in [1.82, 2.24) is 5.32 Å². The molecular formula is C23H19ClN2O6. The van der Waals surface area contributed by atoms with Gasteiger partial charge in [0.05, 0.1) is 11.0 Å². The number of halogens is 1. The van der Waals surface area contributed by atoms with Gasteiger partial charge in [0.2, 0.25) is 0 Å². The number of nitro groups is 1. The van der Waals surface area contributed by atoms with E-state index in [4.69, 9.17) is 21.1 Å². The summed E-state index contributed by atoms with van der Waals surface area (Å²) in [6, 6.07) is 21.5. The normalized spacial score (nSPS) is 11.3. The highest BCUT2D eigenvalue weighted by atomic mass is 35.5. The van der Waals surface area contributed by atoms with Crippen LogP contribution in [0.3, 0.4) is 0 Å². The zero-order valence-corrected chi connectivity index (χ0v) is 17.5. The average molecular weight is 455 g/mol. The lowest BCUT2D eigenvalue weighted by molar-refractivity contribution is -0.385. The Morgan fingerprint density at radius 3 is 2.22 bits per heavy atom. The lowest BCUT2D eigenvalue weighted by Gasteiger charge is -2.20. The number of benzene rings is 3. The van der Waals surface area contributed by atoms with E-state index in [1.807, 2.05) is 30.3 Å². The van der Waals surface area contributed by atoms with Crippen molar-refractivity contribution in [3.8, 4) is 5.75 Å². The number of para-hydroxylation sites is 2. The molecular weight excluding hydrogens is 436 g/mol. The number of nitrogens with one attached hydrogen (secondary N) is 1. The molecule has 1 amide bonds. The number of amides is 1. The lowest BCUT2D eigenvalue weighted by atomic mass is 9.99. The van der Waals surface area contributed by atoms with Gasteiger partial charge in [-0.3, -0.25) is 14.9 Å². The van der Waals surface area contributed by atoms with Crippen LogP contribution in [0.4, 0.5) is 5.69 Å². The van der Waals surface area contributed by atoms with Crippen molar-refractivity contribution in [3.05, 3.63) is 105 Å². The third-order valence-corrected chi connectivity index (χ3v) is 4.67. The summed E-state index contributed by atoms with van der Waals surface area (Å²) in [4.78, 5) is 34.8. The molecule has 8 nitrogen and oxygen atoms in total. The summed E-state index contributed by atoms with van der Waals surface area (Å²) in [5.74, 6) is -1.42. The Labute approximate surface area is 188 Å². The number of ether oxygens (including phenoxy) is 2. The first-order chi connectivity index (χ1) is 15.4. The summed E-state index contributed by atoms with van der Waals surface area (Å²) in [5.41, 5.74) is 1.38. The molecule has 1 atom stereocenters. The number of nitrogens with zero attached hydrogens (tertiary/aromatic N) is 1. The molecule has 0 fully saturated rings. The van der Waals surface area contributed by atoms with Crippen molar-refractivity contribution in [3.63, 3.8) is 0 Å². The SMILES string of the molecule is O=C(COC(=O)COc1ccccc1[N+](=O)[O-])NC(c1ccccc1)c1ccc(Cl)cc1. The van der Waals surface area contributed by atoms with E-state index >= 15 is 0 Å². The zero-order valence-electron chi connectivity index (χ0n) is 16.8. The number of rotatable bonds is 9. The molecule has 164 valence electrons. The fourth-order valence-corrected chi connectivity index (χ4v) is 3.04. The number of hydrogen-bond donors (Lipinski definition) is 1. The second-order valence-corrected chi connectivity index (χ2v) is 7.07. The maximum Gasteiger partial charge on any atom is 0.344 e. The Hall–Kier alpha value is -3.91. The van der Waals surface area contributed by atoms with Crippen molar-refractivity contribution in [2.75, 3.05) is 13.2 Å². The largest absolute Gasteiger partial charge is 0.475 e. The van der Waals surface area contributed by atoms with Crippen LogP contribution in [0.2, 0.25) is 5.02 Å². The smallest absolute Gasteiger partial charge is 0.344 e. The van der Waals surface area contributed by atoms with Gasteiger partial charge in [0, 0.05) is 11.1 Å². The molecule has 1 N–H and O–H groups in total. The van der Waals surface area contributed by atoms with Crippen LogP contribution in [-0.2, 0) is 14.3 Å². The maximum absolute atomic E-state index is 12.4. The minimum Gasteiger partial charge on any atom is -0.475 e. The Bertz CT molecular complexity index is 1090. The Morgan fingerprint density at radius 2 is 1.53 bits per heavy atom. The van der Waals surface area contributed by atoms with Crippen LogP contribution in [0.15, 0.2) is 78.9 Å². The van der Waals surface area contributed by atoms with Gasteiger partial charge in [-0.05, 0) is 29.3 Å². The van der Waals surface area contributed by atoms with Crippen LogP contribution in [0.1, 0.15) is 17.2 Å². The van der Waals surface area contributed by atoms with Gasteiger partial charge in [0.25, 0.3) is 5.91 Å². The Balaban J connectivity index is 1.58. The third kappa shape index (κ3) is 6.29. The van der Waals surface area contributed by atoms with E-state index in [1.54, 1.807) is 30.3 Å². The van der Waals surface area contributed by atoms with E-state index in [1.165, 1.54) is 18.2 Å². The summed E-state index contributed by atoms with van der Waals surface area (Å²) >= 11 is 5.96. The van der Waals surface area contributed by atoms with Crippen LogP contribution in [0.25, 0.3) is 0 Å². The van der Waals surface area contributed by atoms with Gasteiger partial charge >= 0.3 is 11.7 Å². The van der Waals surface area contributed by atoms with Crippen molar-refractivity contribution < 1.29 is 24.0 Å². The molecule has 1 unspecified atom stereocenters. The first-order valence-electron chi connectivity index (χ1n) is 9.55. The molecule has 3 rings (SSSR count). The highest BCUT2D eigenvalue weighted by molar-refractivity contribution is 6.30. The first kappa shape index (κ1) is 22.8. The highest BCUT2D eigenvalue weighted by Gasteiger charge is 2.19. The number of carbonyl (C=O) groups is 2. The highest BCUT2D eigenvalue weighted by Crippen LogP contribution is 2.26. The summed E-state index contributed by atoms with van der Waals surface area (Å²) in [6.07, 6.45) is 0. The van der Waals surface area contributed by atoms with Crippen molar-refractivity contribution in [2.45, 2.75) is 6.04 Å². The summed E-state index contributed by atoms with van der Waals surface area (Å²) in [6.45, 7) is -1.10. The average Bonchev–Trinajstić information content (AvgIpc) is 2.81. The van der Waals surface area contributed by atoms with E-state index in [-0.39, 0.29) is 11.4 Å². The quantitative estimate of drug-likeness (QED) is 0.296. The summed E-state index contributed by atoms with van der Waals surface area (Å²) < 4.78 is 10.1. The molecule has 0 aromatic heterocycles. The molecule has 0 aliphatic heterocycles. The van der Waals surface area contributed by atoms with Crippen LogP contribution in [-0.4, -0.2) is 30.0 Å². The van der Waals surface area contributed by atoms with E-state index in [9.17, 15) is 19.7 Å². The van der Waals surface area contributed by atoms with Crippen molar-refractivity contribution >= 4 is 29.2 Å². The monoisotopic (exact) mass is 454 g/mol. The van der Waals surface area contributed by atoms with Gasteiger partial charge in [-0.15, -0.1) is 0 Å². The van der Waals surface area contributed by atoms with Crippen LogP contribution < -0.4 is 10.1 Å². The number of carbonyl (C=O) groups excluding carboxylic acids is 2. The van der Waals surface area contributed by atoms with Gasteiger partial charge in [-0.2, -0.15) is 0 Å². The molecule has 0 spiro atoms. The van der Waals surface area contributed by atoms with Crippen molar-refractivity contribution in [2.24, 2.45) is 0 Å². The molecule has 0 heterocycles. The first-order valence-corrected chi connectivity index (χ1v) is 9.93. The summed E-state index contributed by atoms with van der Waals surface area (Å²) in [5, 5.41) is 14.4. The van der Waals surface area contributed by atoms with Gasteiger partial charge in [0.1, 0.15) is 0 Å². The predicted molar refractivity (Wildman–Crippen MR) is 117 cm³/mol. The fraction of sp³-hybridized carbons (Fsp3) is 0.130. The lowest BCUT2D eigenvalue weighted by Crippen LogP contribution is -2.33. The molecule has 3 aromatic rings. The number of hydrogen-bond acceptors (Lipinski definition) is 6. The molecule has 0 aliphatic carbocycles. The van der Waals surface area contributed by atoms with Crippen LogP contribution >= 0.6 is 11.6 Å². The molecule has 32 heavy (non-hydrogen) atoms. The molecule has 0 aliphatic rings. The second-order valence-electron chi connectivity index (χ2n) is 6.64. The van der Waals surface area contributed by atoms with Gasteiger partial charge in [-0.25, -0.2) is 4.79 Å². The molecule has 0 radical (unpaired) electrons. The van der Waals surface area contributed by atoms with Gasteiger partial charge < -0.3 is 14.8 Å². The fourth-order valence-electron chi connectivity index (χ4n) is 2.92. The zero-order chi connectivity index (χ0) is 22.9. The Morgan fingerprint density at radius 1 is 0.906 bits per heavy atom. The summed E-state index contributed by atoms with van der Waals surface area (Å²) in [7, 11) is 0. The van der Waals surface area contributed by atoms with Crippen LogP contribution in [0, 0.1) is 10.1 Å². The number of esters is 1. The standard InChI is InChI=1S/C23H19ClN2O6/c24-18-12-10-17(11-13-18)23(16-6-2-1-3-7-16)25-21(27)14-32-22(28)15-31-20-9-5-4-8-19(20)26(29)30/h1-13,23H,14-15H2,(H,25,27). The molecule has 0 bridgehead atoms. The molecule has 0 saturated heterocycles.